The van der Waals surface area contributed by atoms with E-state index >= 15 is 0 Å². The zero-order chi connectivity index (χ0) is 25.9. The summed E-state index contributed by atoms with van der Waals surface area (Å²) in [6, 6.07) is 20.0. The summed E-state index contributed by atoms with van der Waals surface area (Å²) in [5, 5.41) is 6.00. The molecule has 36 heavy (non-hydrogen) atoms. The molecule has 2 heterocycles. The van der Waals surface area contributed by atoms with E-state index in [4.69, 9.17) is 9.16 Å². The Kier molecular flexibility index (Phi) is 7.32. The molecule has 4 rings (SSSR count). The van der Waals surface area contributed by atoms with Gasteiger partial charge in [0.05, 0.1) is 18.8 Å². The van der Waals surface area contributed by atoms with Gasteiger partial charge in [-0.2, -0.15) is 0 Å². The highest BCUT2D eigenvalue weighted by molar-refractivity contribution is 6.99. The Morgan fingerprint density at radius 2 is 1.69 bits per heavy atom. The van der Waals surface area contributed by atoms with Crippen molar-refractivity contribution in [3.63, 3.8) is 0 Å². The van der Waals surface area contributed by atoms with Crippen LogP contribution in [0.4, 0.5) is 0 Å². The van der Waals surface area contributed by atoms with Gasteiger partial charge < -0.3 is 9.16 Å². The van der Waals surface area contributed by atoms with Crippen molar-refractivity contribution >= 4 is 18.7 Å². The molecular weight excluding hydrogens is 474 g/mol. The molecule has 1 saturated heterocycles. The minimum Gasteiger partial charge on any atom is -0.405 e. The van der Waals surface area contributed by atoms with Crippen LogP contribution in [0.1, 0.15) is 39.0 Å². The zero-order valence-electron chi connectivity index (χ0n) is 20.9. The van der Waals surface area contributed by atoms with Gasteiger partial charge in [-0.05, 0) is 27.9 Å². The lowest BCUT2D eigenvalue weighted by Crippen LogP contribution is -2.67. The van der Waals surface area contributed by atoms with Gasteiger partial charge in [0, 0.05) is 23.1 Å². The Morgan fingerprint density at radius 3 is 2.22 bits per heavy atom. The molecule has 1 aliphatic heterocycles. The minimum atomic E-state index is -2.83. The van der Waals surface area contributed by atoms with Crippen molar-refractivity contribution in [2.24, 2.45) is 5.11 Å². The van der Waals surface area contributed by atoms with Crippen LogP contribution in [0.3, 0.4) is 0 Å². The van der Waals surface area contributed by atoms with E-state index in [9.17, 15) is 15.1 Å². The van der Waals surface area contributed by atoms with Crippen molar-refractivity contribution in [1.82, 2.24) is 9.55 Å². The van der Waals surface area contributed by atoms with E-state index in [1.807, 2.05) is 36.4 Å². The van der Waals surface area contributed by atoms with Gasteiger partial charge in [-0.1, -0.05) is 86.5 Å². The summed E-state index contributed by atoms with van der Waals surface area (Å²) in [6.07, 6.45) is 0.525. The maximum atomic E-state index is 12.5. The number of nitrogens with one attached hydrogen (secondary N) is 1. The predicted molar refractivity (Wildman–Crippen MR) is 141 cm³/mol. The molecular formula is C26H31N5O4Si. The molecule has 3 aromatic rings. The number of rotatable bonds is 7. The van der Waals surface area contributed by atoms with Gasteiger partial charge >= 0.3 is 5.69 Å². The van der Waals surface area contributed by atoms with Crippen LogP contribution in [0, 0.1) is 6.92 Å². The number of azide groups is 1. The Bertz CT molecular complexity index is 1320. The fraction of sp³-hybridized carbons (Fsp3) is 0.385. The molecule has 1 aromatic heterocycles. The van der Waals surface area contributed by atoms with E-state index in [1.165, 1.54) is 10.8 Å². The number of H-pyrrole nitrogens is 1. The fourth-order valence-corrected chi connectivity index (χ4v) is 9.56. The maximum absolute atomic E-state index is 12.5. The first kappa shape index (κ1) is 25.7. The monoisotopic (exact) mass is 505 g/mol. The highest BCUT2D eigenvalue weighted by Crippen LogP contribution is 2.38. The van der Waals surface area contributed by atoms with E-state index in [-0.39, 0.29) is 11.6 Å². The van der Waals surface area contributed by atoms with Crippen LogP contribution in [0.5, 0.6) is 0 Å². The normalized spacial score (nSPS) is 20.2. The van der Waals surface area contributed by atoms with Crippen LogP contribution in [-0.2, 0) is 9.16 Å². The standard InChI is InChI=1S/C26H31N5O4Si/c1-18-16-31(25(33)28-24(18)32)23-15-21(29-30-27)22(35-23)17-34-36(26(2,3)4,19-11-7-5-8-12-19)20-13-9-6-10-14-20/h5-14,16,21-23H,15,17H2,1-4H3,(H,28,32,33)/t21-,22+,23+/m0/s1. The third-order valence-electron chi connectivity index (χ3n) is 6.74. The van der Waals surface area contributed by atoms with Gasteiger partial charge in [0.2, 0.25) is 0 Å². The van der Waals surface area contributed by atoms with Crippen molar-refractivity contribution in [3.8, 4) is 0 Å². The number of hydrogen-bond donors (Lipinski definition) is 1. The number of nitrogens with zero attached hydrogens (tertiary/aromatic N) is 4. The third kappa shape index (κ3) is 4.81. The van der Waals surface area contributed by atoms with E-state index in [0.717, 1.165) is 10.4 Å². The molecule has 0 amide bonds. The van der Waals surface area contributed by atoms with Crippen molar-refractivity contribution in [2.45, 2.75) is 57.5 Å². The van der Waals surface area contributed by atoms with E-state index in [2.05, 4.69) is 60.0 Å². The summed E-state index contributed by atoms with van der Waals surface area (Å²) in [5.41, 5.74) is 8.59. The summed E-state index contributed by atoms with van der Waals surface area (Å²) in [7, 11) is -2.83. The van der Waals surface area contributed by atoms with Crippen molar-refractivity contribution < 1.29 is 9.16 Å². The van der Waals surface area contributed by atoms with Crippen LogP contribution in [-0.4, -0.2) is 36.6 Å². The van der Waals surface area contributed by atoms with Gasteiger partial charge in [-0.15, -0.1) is 0 Å². The number of aromatic nitrogens is 2. The van der Waals surface area contributed by atoms with Crippen LogP contribution in [0.15, 0.2) is 81.6 Å². The van der Waals surface area contributed by atoms with Gasteiger partial charge in [0.15, 0.2) is 0 Å². The Balaban J connectivity index is 1.71. The van der Waals surface area contributed by atoms with Gasteiger partial charge in [-0.3, -0.25) is 14.3 Å². The summed E-state index contributed by atoms with van der Waals surface area (Å²) in [4.78, 5) is 29.6. The molecule has 0 spiro atoms. The molecule has 1 N–H and O–H groups in total. The van der Waals surface area contributed by atoms with Crippen molar-refractivity contribution in [1.29, 1.82) is 0 Å². The minimum absolute atomic E-state index is 0.185. The molecule has 3 atom stereocenters. The van der Waals surface area contributed by atoms with E-state index in [0.29, 0.717) is 12.0 Å². The summed E-state index contributed by atoms with van der Waals surface area (Å²) in [6.45, 7) is 8.37. The summed E-state index contributed by atoms with van der Waals surface area (Å²) in [5.74, 6) is 0. The van der Waals surface area contributed by atoms with Crippen LogP contribution < -0.4 is 21.6 Å². The van der Waals surface area contributed by atoms with Crippen molar-refractivity contribution in [2.75, 3.05) is 6.61 Å². The zero-order valence-corrected chi connectivity index (χ0v) is 21.9. The molecule has 0 aliphatic carbocycles. The lowest BCUT2D eigenvalue weighted by Gasteiger charge is -2.43. The van der Waals surface area contributed by atoms with Crippen LogP contribution >= 0.6 is 0 Å². The number of ether oxygens (including phenoxy) is 1. The first-order valence-corrected chi connectivity index (χ1v) is 13.8. The molecule has 0 bridgehead atoms. The molecule has 1 fully saturated rings. The predicted octanol–water partition coefficient (Wildman–Crippen LogP) is 3.39. The van der Waals surface area contributed by atoms with Crippen molar-refractivity contribution in [3.05, 3.63) is 104 Å². The van der Waals surface area contributed by atoms with Gasteiger partial charge in [0.25, 0.3) is 13.9 Å². The van der Waals surface area contributed by atoms with Crippen LogP contribution in [0.2, 0.25) is 5.04 Å². The average molecular weight is 506 g/mol. The van der Waals surface area contributed by atoms with E-state index in [1.54, 1.807) is 6.92 Å². The highest BCUT2D eigenvalue weighted by Gasteiger charge is 2.51. The Morgan fingerprint density at radius 1 is 1.11 bits per heavy atom. The average Bonchev–Trinajstić information content (AvgIpc) is 3.25. The molecule has 0 unspecified atom stereocenters. The van der Waals surface area contributed by atoms with Gasteiger partial charge in [0.1, 0.15) is 6.23 Å². The smallest absolute Gasteiger partial charge is 0.330 e. The lowest BCUT2D eigenvalue weighted by atomic mass is 10.1. The molecule has 0 saturated carbocycles. The first-order chi connectivity index (χ1) is 17.2. The molecule has 10 heteroatoms. The largest absolute Gasteiger partial charge is 0.405 e. The second-order valence-corrected chi connectivity index (χ2v) is 14.4. The third-order valence-corrected chi connectivity index (χ3v) is 11.7. The second-order valence-electron chi connectivity index (χ2n) is 10.1. The highest BCUT2D eigenvalue weighted by atomic mass is 28.4. The summed E-state index contributed by atoms with van der Waals surface area (Å²) < 4.78 is 14.6. The molecule has 0 radical (unpaired) electrons. The maximum Gasteiger partial charge on any atom is 0.330 e. The van der Waals surface area contributed by atoms with Crippen LogP contribution in [0.25, 0.3) is 10.4 Å². The number of benzene rings is 2. The topological polar surface area (TPSA) is 122 Å². The first-order valence-electron chi connectivity index (χ1n) is 11.9. The summed E-state index contributed by atoms with van der Waals surface area (Å²) >= 11 is 0. The second kappa shape index (κ2) is 10.3. The molecule has 9 nitrogen and oxygen atoms in total. The molecule has 2 aromatic carbocycles. The SMILES string of the molecule is Cc1cn([C@H]2C[C@H](N=[N+]=[N-])[C@@H](CO[Si](c3ccccc3)(c3ccccc3)C(C)(C)C)O2)c(=O)[nH]c1=O. The Labute approximate surface area is 210 Å². The molecule has 188 valence electrons. The van der Waals surface area contributed by atoms with E-state index < -0.39 is 37.9 Å². The number of aromatic amines is 1. The Hall–Kier alpha value is -3.43. The fourth-order valence-electron chi connectivity index (χ4n) is 4.99. The van der Waals surface area contributed by atoms with Gasteiger partial charge in [-0.25, -0.2) is 4.79 Å². The number of hydrogen-bond acceptors (Lipinski definition) is 5. The lowest BCUT2D eigenvalue weighted by molar-refractivity contribution is -0.0240. The molecule has 1 aliphatic rings. The quantitative estimate of drug-likeness (QED) is 0.229. The number of aryl methyl sites for hydroxylation is 1.